The third-order valence-corrected chi connectivity index (χ3v) is 4.62. The van der Waals surface area contributed by atoms with Crippen LogP contribution < -0.4 is 5.56 Å². The molecule has 0 aliphatic rings. The molecule has 0 bridgehead atoms. The molecule has 0 N–H and O–H groups in total. The Morgan fingerprint density at radius 3 is 2.42 bits per heavy atom. The van der Waals surface area contributed by atoms with Gasteiger partial charge in [-0.3, -0.25) is 9.36 Å². The average molecular weight is 342 g/mol. The normalized spacial score (nSPS) is 10.5. The molecule has 0 aliphatic heterocycles. The van der Waals surface area contributed by atoms with Crippen LogP contribution in [0.3, 0.4) is 0 Å². The molecule has 0 atom stereocenters. The molecule has 26 heavy (non-hydrogen) atoms. The maximum Gasteiger partial charge on any atom is 0.258 e. The van der Waals surface area contributed by atoms with Crippen LogP contribution in [0.25, 0.3) is 16.8 Å². The predicted molar refractivity (Wildman–Crippen MR) is 106 cm³/mol. The fraction of sp³-hybridized carbons (Fsp3) is 0.217. The molecule has 0 saturated heterocycles. The molecule has 0 amide bonds. The molecule has 0 unspecified atom stereocenters. The van der Waals surface area contributed by atoms with E-state index in [1.807, 2.05) is 72.2 Å². The fourth-order valence-corrected chi connectivity index (χ4v) is 3.13. The number of rotatable bonds is 5. The Bertz CT molecular complexity index is 1010. The summed E-state index contributed by atoms with van der Waals surface area (Å²) in [5, 5.41) is 9.30. The monoisotopic (exact) mass is 342 g/mol. The van der Waals surface area contributed by atoms with E-state index in [1.165, 1.54) is 0 Å². The number of hydrogen-bond acceptors (Lipinski definition) is 2. The number of benzene rings is 2. The van der Waals surface area contributed by atoms with E-state index in [0.29, 0.717) is 5.56 Å². The first-order valence-corrected chi connectivity index (χ1v) is 8.97. The molecular formula is C23H22N2O. The number of nitriles is 1. The highest BCUT2D eigenvalue weighted by Crippen LogP contribution is 2.24. The summed E-state index contributed by atoms with van der Waals surface area (Å²) < 4.78 is 1.81. The van der Waals surface area contributed by atoms with Gasteiger partial charge >= 0.3 is 0 Å². The van der Waals surface area contributed by atoms with Crippen LogP contribution in [0.5, 0.6) is 0 Å². The topological polar surface area (TPSA) is 45.8 Å². The summed E-state index contributed by atoms with van der Waals surface area (Å²) in [5.41, 5.74) is 5.20. The Kier molecular flexibility index (Phi) is 5.34. The summed E-state index contributed by atoms with van der Waals surface area (Å²) in [6, 6.07) is 21.6. The molecule has 130 valence electrons. The highest BCUT2D eigenvalue weighted by Gasteiger charge is 2.10. The van der Waals surface area contributed by atoms with E-state index in [9.17, 15) is 10.1 Å². The second-order valence-corrected chi connectivity index (χ2v) is 6.46. The van der Waals surface area contributed by atoms with Crippen LogP contribution in [0.1, 0.15) is 36.6 Å². The van der Waals surface area contributed by atoms with Crippen LogP contribution in [0.4, 0.5) is 0 Å². The minimum Gasteiger partial charge on any atom is -0.281 e. The van der Waals surface area contributed by atoms with Gasteiger partial charge in [-0.1, -0.05) is 49.7 Å². The molecule has 0 aliphatic carbocycles. The summed E-state index contributed by atoms with van der Waals surface area (Å²) in [6.45, 7) is 4.00. The van der Waals surface area contributed by atoms with Crippen LogP contribution >= 0.6 is 0 Å². The van der Waals surface area contributed by atoms with E-state index in [0.717, 1.165) is 47.3 Å². The van der Waals surface area contributed by atoms with Crippen molar-refractivity contribution in [2.75, 3.05) is 0 Å². The van der Waals surface area contributed by atoms with Crippen molar-refractivity contribution in [1.29, 1.82) is 5.26 Å². The SMILES string of the molecule is CCCCc1ccc(C)c(=O)n1-c1ccc(-c2ccccc2C#N)cc1. The highest BCUT2D eigenvalue weighted by molar-refractivity contribution is 5.71. The van der Waals surface area contributed by atoms with Crippen molar-refractivity contribution in [3.63, 3.8) is 0 Å². The number of nitrogens with zero attached hydrogens (tertiary/aromatic N) is 2. The lowest BCUT2D eigenvalue weighted by Gasteiger charge is -2.14. The number of pyridine rings is 1. The van der Waals surface area contributed by atoms with Gasteiger partial charge < -0.3 is 0 Å². The van der Waals surface area contributed by atoms with E-state index in [1.54, 1.807) is 0 Å². The van der Waals surface area contributed by atoms with Crippen LogP contribution in [0.2, 0.25) is 0 Å². The zero-order valence-corrected chi connectivity index (χ0v) is 15.2. The van der Waals surface area contributed by atoms with Gasteiger partial charge in [0.2, 0.25) is 0 Å². The summed E-state index contributed by atoms with van der Waals surface area (Å²) in [7, 11) is 0. The number of unbranched alkanes of at least 4 members (excludes halogenated alkanes) is 1. The van der Waals surface area contributed by atoms with Gasteiger partial charge in [-0.2, -0.15) is 5.26 Å². The second-order valence-electron chi connectivity index (χ2n) is 6.46. The van der Waals surface area contributed by atoms with E-state index in [2.05, 4.69) is 13.0 Å². The van der Waals surface area contributed by atoms with Gasteiger partial charge in [0.25, 0.3) is 5.56 Å². The predicted octanol–water partition coefficient (Wildman–Crippen LogP) is 5.03. The average Bonchev–Trinajstić information content (AvgIpc) is 2.69. The number of hydrogen-bond donors (Lipinski definition) is 0. The van der Waals surface area contributed by atoms with E-state index in [4.69, 9.17) is 0 Å². The number of aryl methyl sites for hydroxylation is 2. The first-order valence-electron chi connectivity index (χ1n) is 8.97. The van der Waals surface area contributed by atoms with Gasteiger partial charge in [0, 0.05) is 16.9 Å². The standard InChI is InChI=1S/C23H22N2O/c1-3-4-8-20-13-10-17(2)23(26)25(20)21-14-11-18(12-15-21)22-9-6-5-7-19(22)16-24/h5-7,9-15H,3-4,8H2,1-2H3. The van der Waals surface area contributed by atoms with Crippen molar-refractivity contribution in [3.8, 4) is 22.9 Å². The van der Waals surface area contributed by atoms with Crippen molar-refractivity contribution >= 4 is 0 Å². The molecule has 0 radical (unpaired) electrons. The molecule has 0 fully saturated rings. The van der Waals surface area contributed by atoms with Crippen molar-refractivity contribution in [2.24, 2.45) is 0 Å². The first kappa shape index (κ1) is 17.7. The molecule has 3 rings (SSSR count). The van der Waals surface area contributed by atoms with Crippen molar-refractivity contribution in [3.05, 3.63) is 87.8 Å². The molecule has 1 heterocycles. The maximum absolute atomic E-state index is 12.7. The third kappa shape index (κ3) is 3.45. The first-order chi connectivity index (χ1) is 12.7. The Morgan fingerprint density at radius 2 is 1.73 bits per heavy atom. The molecule has 3 nitrogen and oxygen atoms in total. The lowest BCUT2D eigenvalue weighted by molar-refractivity contribution is 0.742. The van der Waals surface area contributed by atoms with Crippen molar-refractivity contribution < 1.29 is 0 Å². The lowest BCUT2D eigenvalue weighted by Crippen LogP contribution is -2.23. The fourth-order valence-electron chi connectivity index (χ4n) is 3.13. The van der Waals surface area contributed by atoms with Gasteiger partial charge in [0.15, 0.2) is 0 Å². The minimum atomic E-state index is 0.0313. The molecule has 2 aromatic carbocycles. The second kappa shape index (κ2) is 7.84. The Labute approximate surface area is 154 Å². The zero-order chi connectivity index (χ0) is 18.5. The Balaban J connectivity index is 2.06. The van der Waals surface area contributed by atoms with Gasteiger partial charge in [0.1, 0.15) is 0 Å². The molecule has 3 aromatic rings. The van der Waals surface area contributed by atoms with E-state index < -0.39 is 0 Å². The minimum absolute atomic E-state index is 0.0313. The van der Waals surface area contributed by atoms with E-state index >= 15 is 0 Å². The highest BCUT2D eigenvalue weighted by atomic mass is 16.1. The van der Waals surface area contributed by atoms with Gasteiger partial charge in [-0.25, -0.2) is 0 Å². The Hall–Kier alpha value is -3.12. The van der Waals surface area contributed by atoms with E-state index in [-0.39, 0.29) is 5.56 Å². The summed E-state index contributed by atoms with van der Waals surface area (Å²) in [6.07, 6.45) is 3.02. The van der Waals surface area contributed by atoms with Crippen LogP contribution in [-0.2, 0) is 6.42 Å². The zero-order valence-electron chi connectivity index (χ0n) is 15.2. The quantitative estimate of drug-likeness (QED) is 0.653. The smallest absolute Gasteiger partial charge is 0.258 e. The van der Waals surface area contributed by atoms with Crippen molar-refractivity contribution in [2.45, 2.75) is 33.1 Å². The lowest BCUT2D eigenvalue weighted by atomic mass is 10.00. The summed E-state index contributed by atoms with van der Waals surface area (Å²) in [5.74, 6) is 0. The Morgan fingerprint density at radius 1 is 1.00 bits per heavy atom. The molecular weight excluding hydrogens is 320 g/mol. The molecule has 1 aromatic heterocycles. The summed E-state index contributed by atoms with van der Waals surface area (Å²) in [4.78, 5) is 12.7. The van der Waals surface area contributed by atoms with Crippen LogP contribution in [0.15, 0.2) is 65.5 Å². The van der Waals surface area contributed by atoms with Gasteiger partial charge in [-0.15, -0.1) is 0 Å². The van der Waals surface area contributed by atoms with Crippen molar-refractivity contribution in [1.82, 2.24) is 4.57 Å². The molecule has 0 saturated carbocycles. The molecule has 0 spiro atoms. The van der Waals surface area contributed by atoms with Gasteiger partial charge in [0.05, 0.1) is 11.6 Å². The van der Waals surface area contributed by atoms with Gasteiger partial charge in [-0.05, 0) is 55.2 Å². The number of aromatic nitrogens is 1. The maximum atomic E-state index is 12.7. The third-order valence-electron chi connectivity index (χ3n) is 4.62. The summed E-state index contributed by atoms with van der Waals surface area (Å²) >= 11 is 0. The van der Waals surface area contributed by atoms with Crippen LogP contribution in [-0.4, -0.2) is 4.57 Å². The largest absolute Gasteiger partial charge is 0.281 e. The molecule has 3 heteroatoms. The van der Waals surface area contributed by atoms with Crippen LogP contribution in [0, 0.1) is 18.3 Å².